The van der Waals surface area contributed by atoms with Crippen LogP contribution in [0.25, 0.3) is 0 Å². The maximum atomic E-state index is 13.1. The lowest BCUT2D eigenvalue weighted by molar-refractivity contribution is -0.198. The summed E-state index contributed by atoms with van der Waals surface area (Å²) in [6, 6.07) is 0. The van der Waals surface area contributed by atoms with Gasteiger partial charge in [-0.25, -0.2) is 0 Å². The van der Waals surface area contributed by atoms with Crippen LogP contribution >= 0.6 is 12.2 Å². The van der Waals surface area contributed by atoms with Crippen molar-refractivity contribution in [1.82, 2.24) is 20.1 Å². The molecule has 0 unspecified atom stereocenters. The van der Waals surface area contributed by atoms with Gasteiger partial charge in [-0.1, -0.05) is 12.8 Å². The van der Waals surface area contributed by atoms with Gasteiger partial charge in [-0.2, -0.15) is 18.3 Å². The van der Waals surface area contributed by atoms with E-state index in [2.05, 4.69) is 15.5 Å². The molecule has 1 aromatic heterocycles. The van der Waals surface area contributed by atoms with Crippen LogP contribution < -0.4 is 5.32 Å². The van der Waals surface area contributed by atoms with E-state index in [1.54, 1.807) is 0 Å². The Morgan fingerprint density at radius 3 is 2.67 bits per heavy atom. The number of nitrogens with zero attached hydrogens (tertiary/aromatic N) is 2. The number of halogens is 3. The number of rotatable bonds is 5. The molecule has 2 N–H and O–H groups in total. The molecule has 2 atom stereocenters. The Morgan fingerprint density at radius 1 is 1.29 bits per heavy atom. The molecular formula is C15H21F3N4OS. The second kappa shape index (κ2) is 6.85. The highest BCUT2D eigenvalue weighted by Crippen LogP contribution is 2.41. The zero-order valence-corrected chi connectivity index (χ0v) is 14.1. The monoisotopic (exact) mass is 362 g/mol. The van der Waals surface area contributed by atoms with Crippen molar-refractivity contribution < 1.29 is 18.0 Å². The number of alkyl halides is 3. The Bertz CT molecular complexity index is 650. The summed E-state index contributed by atoms with van der Waals surface area (Å²) in [4.78, 5) is 12.2. The van der Waals surface area contributed by atoms with Crippen LogP contribution in [-0.2, 0) is 11.3 Å². The topological polar surface area (TPSA) is 62.7 Å². The fourth-order valence-electron chi connectivity index (χ4n) is 3.46. The van der Waals surface area contributed by atoms with Gasteiger partial charge in [-0.05, 0) is 37.9 Å². The van der Waals surface area contributed by atoms with E-state index in [4.69, 9.17) is 12.2 Å². The molecule has 1 heterocycles. The highest BCUT2D eigenvalue weighted by atomic mass is 32.1. The predicted octanol–water partition coefficient (Wildman–Crippen LogP) is 3.30. The minimum Gasteiger partial charge on any atom is -0.354 e. The number of aromatic nitrogens is 3. The highest BCUT2D eigenvalue weighted by molar-refractivity contribution is 7.71. The molecule has 2 saturated carbocycles. The SMILES string of the molecule is O=C(NCCn1c(C2CC2)n[nH]c1=S)[C@@H]1CCCC[C@@H]1C(F)(F)F. The Kier molecular flexibility index (Phi) is 4.98. The van der Waals surface area contributed by atoms with Crippen molar-refractivity contribution >= 4 is 18.1 Å². The molecule has 3 rings (SSSR count). The van der Waals surface area contributed by atoms with Crippen LogP contribution in [-0.4, -0.2) is 33.4 Å². The van der Waals surface area contributed by atoms with Gasteiger partial charge in [-0.15, -0.1) is 0 Å². The van der Waals surface area contributed by atoms with Gasteiger partial charge in [0.2, 0.25) is 5.91 Å². The lowest BCUT2D eigenvalue weighted by Gasteiger charge is -2.32. The maximum Gasteiger partial charge on any atom is 0.392 e. The Balaban J connectivity index is 1.57. The average molecular weight is 362 g/mol. The van der Waals surface area contributed by atoms with Crippen molar-refractivity contribution in [2.45, 2.75) is 57.2 Å². The maximum absolute atomic E-state index is 13.1. The summed E-state index contributed by atoms with van der Waals surface area (Å²) >= 11 is 5.18. The van der Waals surface area contributed by atoms with Crippen molar-refractivity contribution in [3.8, 4) is 0 Å². The smallest absolute Gasteiger partial charge is 0.354 e. The average Bonchev–Trinajstić information content (AvgIpc) is 3.31. The molecule has 0 saturated heterocycles. The van der Waals surface area contributed by atoms with E-state index in [-0.39, 0.29) is 13.0 Å². The van der Waals surface area contributed by atoms with Crippen LogP contribution in [0.15, 0.2) is 0 Å². The van der Waals surface area contributed by atoms with Crippen LogP contribution in [0.4, 0.5) is 13.2 Å². The number of nitrogens with one attached hydrogen (secondary N) is 2. The van der Waals surface area contributed by atoms with E-state index in [0.29, 0.717) is 36.5 Å². The summed E-state index contributed by atoms with van der Waals surface area (Å²) in [5, 5.41) is 9.59. The summed E-state index contributed by atoms with van der Waals surface area (Å²) in [6.07, 6.45) is -0.627. The molecule has 134 valence electrons. The molecular weight excluding hydrogens is 341 g/mol. The molecule has 0 aromatic carbocycles. The van der Waals surface area contributed by atoms with Crippen LogP contribution in [0, 0.1) is 16.6 Å². The number of hydrogen-bond acceptors (Lipinski definition) is 3. The third kappa shape index (κ3) is 3.81. The molecule has 5 nitrogen and oxygen atoms in total. The summed E-state index contributed by atoms with van der Waals surface area (Å²) in [5.74, 6) is -1.72. The zero-order chi connectivity index (χ0) is 17.3. The first-order valence-electron chi connectivity index (χ1n) is 8.37. The van der Waals surface area contributed by atoms with Crippen LogP contribution in [0.2, 0.25) is 0 Å². The van der Waals surface area contributed by atoms with Crippen molar-refractivity contribution in [3.63, 3.8) is 0 Å². The Labute approximate surface area is 143 Å². The second-order valence-electron chi connectivity index (χ2n) is 6.64. The van der Waals surface area contributed by atoms with Gasteiger partial charge in [0.15, 0.2) is 4.77 Å². The molecule has 0 bridgehead atoms. The standard InChI is InChI=1S/C15H21F3N4OS/c16-15(17,18)11-4-2-1-3-10(11)13(23)19-7-8-22-12(9-5-6-9)20-21-14(22)24/h9-11H,1-8H2,(H,19,23)(H,21,24)/t10-,11+/m1/s1. The number of hydrogen-bond donors (Lipinski definition) is 2. The van der Waals surface area contributed by atoms with Gasteiger partial charge >= 0.3 is 6.18 Å². The summed E-state index contributed by atoms with van der Waals surface area (Å²) < 4.78 is 41.6. The molecule has 2 fully saturated rings. The lowest BCUT2D eigenvalue weighted by Crippen LogP contribution is -2.43. The van der Waals surface area contributed by atoms with Gasteiger partial charge < -0.3 is 9.88 Å². The lowest BCUT2D eigenvalue weighted by atomic mass is 9.78. The molecule has 2 aliphatic rings. The number of carbonyl (C=O) groups is 1. The Morgan fingerprint density at radius 2 is 2.00 bits per heavy atom. The first-order chi connectivity index (χ1) is 11.4. The number of amides is 1. The fraction of sp³-hybridized carbons (Fsp3) is 0.800. The normalized spacial score (nSPS) is 24.8. The van der Waals surface area contributed by atoms with E-state index < -0.39 is 23.9 Å². The second-order valence-corrected chi connectivity index (χ2v) is 7.03. The largest absolute Gasteiger partial charge is 0.392 e. The highest BCUT2D eigenvalue weighted by Gasteiger charge is 2.47. The molecule has 1 aromatic rings. The van der Waals surface area contributed by atoms with Gasteiger partial charge in [-0.3, -0.25) is 9.89 Å². The quantitative estimate of drug-likeness (QED) is 0.790. The Hall–Kier alpha value is -1.38. The minimum atomic E-state index is -4.31. The van der Waals surface area contributed by atoms with E-state index in [0.717, 1.165) is 18.7 Å². The number of H-pyrrole nitrogens is 1. The van der Waals surface area contributed by atoms with E-state index in [1.165, 1.54) is 0 Å². The van der Waals surface area contributed by atoms with E-state index in [9.17, 15) is 18.0 Å². The number of carbonyl (C=O) groups excluding carboxylic acids is 1. The van der Waals surface area contributed by atoms with Gasteiger partial charge in [0.25, 0.3) is 0 Å². The first kappa shape index (κ1) is 17.4. The zero-order valence-electron chi connectivity index (χ0n) is 13.2. The van der Waals surface area contributed by atoms with Crippen LogP contribution in [0.1, 0.15) is 50.3 Å². The van der Waals surface area contributed by atoms with Crippen molar-refractivity contribution in [3.05, 3.63) is 10.6 Å². The molecule has 9 heteroatoms. The van der Waals surface area contributed by atoms with Crippen molar-refractivity contribution in [2.75, 3.05) is 6.54 Å². The molecule has 0 spiro atoms. The van der Waals surface area contributed by atoms with Crippen LogP contribution in [0.3, 0.4) is 0 Å². The molecule has 2 aliphatic carbocycles. The summed E-state index contributed by atoms with van der Waals surface area (Å²) in [5.41, 5.74) is 0. The third-order valence-electron chi connectivity index (χ3n) is 4.89. The van der Waals surface area contributed by atoms with E-state index >= 15 is 0 Å². The van der Waals surface area contributed by atoms with Crippen molar-refractivity contribution in [2.24, 2.45) is 11.8 Å². The van der Waals surface area contributed by atoms with Gasteiger partial charge in [0.05, 0.1) is 5.92 Å². The van der Waals surface area contributed by atoms with Crippen molar-refractivity contribution in [1.29, 1.82) is 0 Å². The van der Waals surface area contributed by atoms with E-state index in [1.807, 2.05) is 4.57 Å². The fourth-order valence-corrected chi connectivity index (χ4v) is 3.69. The number of aromatic amines is 1. The van der Waals surface area contributed by atoms with Gasteiger partial charge in [0, 0.05) is 24.9 Å². The van der Waals surface area contributed by atoms with Gasteiger partial charge in [0.1, 0.15) is 5.82 Å². The third-order valence-corrected chi connectivity index (χ3v) is 5.20. The molecule has 1 amide bonds. The first-order valence-corrected chi connectivity index (χ1v) is 8.78. The summed E-state index contributed by atoms with van der Waals surface area (Å²) in [6.45, 7) is 0.684. The van der Waals surface area contributed by atoms with Crippen LogP contribution in [0.5, 0.6) is 0 Å². The molecule has 24 heavy (non-hydrogen) atoms. The molecule has 0 aliphatic heterocycles. The minimum absolute atomic E-state index is 0.0419. The predicted molar refractivity (Wildman–Crippen MR) is 83.9 cm³/mol. The summed E-state index contributed by atoms with van der Waals surface area (Å²) in [7, 11) is 0. The molecule has 0 radical (unpaired) electrons.